The van der Waals surface area contributed by atoms with Crippen molar-refractivity contribution in [3.05, 3.63) is 78.4 Å². The van der Waals surface area contributed by atoms with E-state index in [0.29, 0.717) is 0 Å². The van der Waals surface area contributed by atoms with Gasteiger partial charge >= 0.3 is 0 Å². The third-order valence-electron chi connectivity index (χ3n) is 8.81. The van der Waals surface area contributed by atoms with Crippen LogP contribution >= 0.6 is 0 Å². The first kappa shape index (κ1) is 34.5. The van der Waals surface area contributed by atoms with Crippen molar-refractivity contribution in [1.29, 1.82) is 0 Å². The average molecular weight is 733 g/mol. The van der Waals surface area contributed by atoms with E-state index in [-0.39, 0.29) is 47.9 Å². The van der Waals surface area contributed by atoms with E-state index in [1.165, 1.54) is 17.0 Å². The number of furan rings is 1. The molecule has 0 atom stereocenters. The van der Waals surface area contributed by atoms with Crippen LogP contribution in [0.15, 0.2) is 71.2 Å². The number of aliphatic hydroxyl groups is 1. The Morgan fingerprint density at radius 2 is 1.54 bits per heavy atom. The summed E-state index contributed by atoms with van der Waals surface area (Å²) in [5.41, 5.74) is 3.39. The molecule has 0 bridgehead atoms. The molecule has 1 radical (unpaired) electrons. The van der Waals surface area contributed by atoms with Crippen LogP contribution in [0.4, 0.5) is 0 Å². The van der Waals surface area contributed by atoms with E-state index in [4.69, 9.17) is 4.42 Å². The van der Waals surface area contributed by atoms with Gasteiger partial charge in [0.05, 0.1) is 6.26 Å². The Labute approximate surface area is 260 Å². The molecule has 1 N–H and O–H groups in total. The van der Waals surface area contributed by atoms with Crippen molar-refractivity contribution in [2.24, 2.45) is 10.8 Å². The van der Waals surface area contributed by atoms with Gasteiger partial charge in [0.2, 0.25) is 0 Å². The predicted molar refractivity (Wildman–Crippen MR) is 168 cm³/mol. The number of aliphatic hydroxyl groups excluding tert-OH is 1. The van der Waals surface area contributed by atoms with Crippen LogP contribution in [0.1, 0.15) is 93.6 Å². The van der Waals surface area contributed by atoms with Crippen LogP contribution < -0.4 is 0 Å². The van der Waals surface area contributed by atoms with Gasteiger partial charge < -0.3 is 9.52 Å². The Morgan fingerprint density at radius 3 is 2.12 bits per heavy atom. The summed E-state index contributed by atoms with van der Waals surface area (Å²) in [4.78, 5) is 16.7. The summed E-state index contributed by atoms with van der Waals surface area (Å²) < 4.78 is 5.66. The number of ketones is 1. The van der Waals surface area contributed by atoms with Crippen molar-refractivity contribution in [2.45, 2.75) is 93.4 Å². The van der Waals surface area contributed by atoms with Gasteiger partial charge in [-0.3, -0.25) is 9.78 Å². The molecule has 223 valence electrons. The van der Waals surface area contributed by atoms with Gasteiger partial charge in [-0.2, -0.15) is 0 Å². The smallest absolute Gasteiger partial charge is 0.164 e. The number of rotatable bonds is 8. The minimum atomic E-state index is -0.337. The summed E-state index contributed by atoms with van der Waals surface area (Å²) in [6.07, 6.45) is 8.29. The van der Waals surface area contributed by atoms with E-state index in [9.17, 15) is 9.90 Å². The zero-order valence-electron chi connectivity index (χ0n) is 26.1. The minimum Gasteiger partial charge on any atom is -0.512 e. The molecule has 0 aliphatic rings. The normalized spacial score (nSPS) is 12.6. The van der Waals surface area contributed by atoms with Crippen LogP contribution in [0.5, 0.6) is 0 Å². The van der Waals surface area contributed by atoms with Crippen LogP contribution in [-0.2, 0) is 30.3 Å². The van der Waals surface area contributed by atoms with E-state index in [1.807, 2.05) is 59.9 Å². The molecule has 0 amide bonds. The molecule has 0 saturated carbocycles. The number of benzene rings is 2. The number of fused-ring (bicyclic) bond motifs is 2. The van der Waals surface area contributed by atoms with Gasteiger partial charge in [0.15, 0.2) is 5.78 Å². The quantitative estimate of drug-likeness (QED) is 0.111. The number of nitrogens with zero attached hydrogens (tertiary/aromatic N) is 1. The van der Waals surface area contributed by atoms with Gasteiger partial charge in [-0.1, -0.05) is 91.5 Å². The van der Waals surface area contributed by atoms with E-state index in [0.717, 1.165) is 53.3 Å². The molecule has 0 fully saturated rings. The summed E-state index contributed by atoms with van der Waals surface area (Å²) in [6, 6.07) is 18.0. The Hall–Kier alpha value is -2.75. The van der Waals surface area contributed by atoms with Crippen LogP contribution in [0.2, 0.25) is 0 Å². The van der Waals surface area contributed by atoms with Crippen molar-refractivity contribution in [3.63, 3.8) is 0 Å². The molecule has 0 unspecified atom stereocenters. The molecule has 0 aliphatic carbocycles. The molecule has 0 aliphatic heterocycles. The van der Waals surface area contributed by atoms with Crippen LogP contribution in [-0.4, -0.2) is 15.9 Å². The molecule has 2 aromatic heterocycles. The third kappa shape index (κ3) is 7.56. The minimum absolute atomic E-state index is 0. The number of carbonyl (C=O) groups is 1. The zero-order chi connectivity index (χ0) is 29.7. The SMILES string of the molecule is CC(C)(C)c1cc(-c2nccc3ccoc23)[c-]c2ccccc12.CCC(C)(CC)C(=O)/C=C(\O)C(C)(CC)CC.[Ir]. The Bertz CT molecular complexity index is 1480. The van der Waals surface area contributed by atoms with E-state index < -0.39 is 0 Å². The first-order valence-corrected chi connectivity index (χ1v) is 14.6. The number of carbonyl (C=O) groups excluding carboxylic acids is 1. The molecular formula is C36H46IrNO3-. The number of hydrogen-bond donors (Lipinski definition) is 1. The fourth-order valence-electron chi connectivity index (χ4n) is 4.75. The first-order chi connectivity index (χ1) is 18.8. The maximum atomic E-state index is 12.2. The molecule has 4 rings (SSSR count). The second-order valence-electron chi connectivity index (χ2n) is 12.3. The standard InChI is InChI=1S/C21H18NO.C15H28O2.Ir/c1-21(2,3)18-13-16(12-15-6-4-5-7-17(15)18)19-20-14(8-10-22-19)9-11-23-20;1-7-14(5,8-2)12(16)11-13(17)15(6,9-3)10-4;/h4-11,13H,1-3H3;11,16H,7-10H2,1-6H3;/q-1;;/b;12-11-;. The van der Waals surface area contributed by atoms with Crippen molar-refractivity contribution in [2.75, 3.05) is 0 Å². The van der Waals surface area contributed by atoms with Gasteiger partial charge in [-0.25, -0.2) is 0 Å². The van der Waals surface area contributed by atoms with E-state index in [2.05, 4.69) is 62.2 Å². The van der Waals surface area contributed by atoms with Crippen LogP contribution in [0.3, 0.4) is 0 Å². The Morgan fingerprint density at radius 1 is 0.927 bits per heavy atom. The Balaban J connectivity index is 0.000000296. The summed E-state index contributed by atoms with van der Waals surface area (Å²) in [6.45, 7) is 18.8. The Kier molecular flexibility index (Phi) is 11.7. The fraction of sp³-hybridized carbons (Fsp3) is 0.444. The van der Waals surface area contributed by atoms with Crippen molar-refractivity contribution < 1.29 is 34.4 Å². The van der Waals surface area contributed by atoms with Gasteiger partial charge in [-0.15, -0.1) is 29.1 Å². The first-order valence-electron chi connectivity index (χ1n) is 14.6. The zero-order valence-corrected chi connectivity index (χ0v) is 28.5. The van der Waals surface area contributed by atoms with Gasteiger partial charge in [0.1, 0.15) is 11.3 Å². The summed E-state index contributed by atoms with van der Waals surface area (Å²) in [7, 11) is 0. The fourth-order valence-corrected chi connectivity index (χ4v) is 4.75. The van der Waals surface area contributed by atoms with Crippen LogP contribution in [0.25, 0.3) is 33.0 Å². The van der Waals surface area contributed by atoms with Gasteiger partial charge in [0, 0.05) is 54.3 Å². The monoisotopic (exact) mass is 733 g/mol. The molecule has 2 aromatic carbocycles. The van der Waals surface area contributed by atoms with Crippen molar-refractivity contribution >= 4 is 27.5 Å². The molecular weight excluding hydrogens is 687 g/mol. The molecule has 4 aromatic rings. The van der Waals surface area contributed by atoms with Gasteiger partial charge in [0.25, 0.3) is 0 Å². The largest absolute Gasteiger partial charge is 0.512 e. The molecule has 5 heteroatoms. The second kappa shape index (κ2) is 13.9. The maximum absolute atomic E-state index is 12.2. The molecule has 4 nitrogen and oxygen atoms in total. The molecule has 41 heavy (non-hydrogen) atoms. The summed E-state index contributed by atoms with van der Waals surface area (Å²) in [5, 5.41) is 13.6. The van der Waals surface area contributed by atoms with Crippen molar-refractivity contribution in [1.82, 2.24) is 4.98 Å². The summed E-state index contributed by atoms with van der Waals surface area (Å²) in [5.74, 6) is 0.286. The number of aromatic nitrogens is 1. The van der Waals surface area contributed by atoms with E-state index >= 15 is 0 Å². The predicted octanol–water partition coefficient (Wildman–Crippen LogP) is 10.4. The van der Waals surface area contributed by atoms with Crippen LogP contribution in [0, 0.1) is 16.9 Å². The maximum Gasteiger partial charge on any atom is 0.164 e. The number of pyridine rings is 1. The number of hydrogen-bond acceptors (Lipinski definition) is 4. The molecule has 0 spiro atoms. The topological polar surface area (TPSA) is 63.3 Å². The average Bonchev–Trinajstić information content (AvgIpc) is 3.44. The van der Waals surface area contributed by atoms with E-state index in [1.54, 1.807) is 6.26 Å². The van der Waals surface area contributed by atoms with Gasteiger partial charge in [-0.05, 0) is 43.2 Å². The van der Waals surface area contributed by atoms with Crippen molar-refractivity contribution in [3.8, 4) is 11.3 Å². The molecule has 2 heterocycles. The second-order valence-corrected chi connectivity index (χ2v) is 12.3. The molecule has 0 saturated heterocycles. The summed E-state index contributed by atoms with van der Waals surface area (Å²) >= 11 is 0. The third-order valence-corrected chi connectivity index (χ3v) is 8.81. The number of allylic oxidation sites excluding steroid dienone is 2.